The van der Waals surface area contributed by atoms with Gasteiger partial charge in [-0.1, -0.05) is 48.5 Å². The number of hydrogen-bond donors (Lipinski definition) is 2. The molecule has 0 unspecified atom stereocenters. The molecule has 98 valence electrons. The quantitative estimate of drug-likeness (QED) is 0.677. The molecule has 0 bridgehead atoms. The molecule has 3 aromatic carbocycles. The van der Waals surface area contributed by atoms with Crippen molar-refractivity contribution in [2.75, 3.05) is 17.2 Å². The fourth-order valence-electron chi connectivity index (χ4n) is 2.84. The van der Waals surface area contributed by atoms with Gasteiger partial charge in [-0.05, 0) is 34.5 Å². The van der Waals surface area contributed by atoms with Crippen molar-refractivity contribution in [2.24, 2.45) is 0 Å². The van der Waals surface area contributed by atoms with Crippen LogP contribution in [-0.2, 0) is 0 Å². The Hall–Kier alpha value is -2.48. The molecule has 1 aliphatic heterocycles. The molecule has 2 nitrogen and oxygen atoms in total. The minimum absolute atomic E-state index is 0.314. The van der Waals surface area contributed by atoms with Crippen LogP contribution in [0.25, 0.3) is 10.8 Å². The Bertz CT molecular complexity index is 764. The van der Waals surface area contributed by atoms with Gasteiger partial charge in [0.25, 0.3) is 0 Å². The summed E-state index contributed by atoms with van der Waals surface area (Å²) in [6, 6.07) is 23.9. The van der Waals surface area contributed by atoms with E-state index < -0.39 is 0 Å². The third-order valence-corrected chi connectivity index (χ3v) is 3.93. The van der Waals surface area contributed by atoms with Crippen molar-refractivity contribution in [3.05, 3.63) is 72.3 Å². The normalized spacial score (nSPS) is 17.1. The summed E-state index contributed by atoms with van der Waals surface area (Å²) in [6.07, 6.45) is 0. The first-order valence-corrected chi connectivity index (χ1v) is 6.98. The van der Waals surface area contributed by atoms with Crippen LogP contribution in [0.5, 0.6) is 0 Å². The van der Waals surface area contributed by atoms with Gasteiger partial charge in [-0.15, -0.1) is 0 Å². The van der Waals surface area contributed by atoms with Crippen molar-refractivity contribution in [2.45, 2.75) is 6.04 Å². The zero-order chi connectivity index (χ0) is 13.4. The van der Waals surface area contributed by atoms with Crippen molar-refractivity contribution in [1.82, 2.24) is 0 Å². The third-order valence-electron chi connectivity index (χ3n) is 3.93. The molecule has 2 heteroatoms. The molecule has 20 heavy (non-hydrogen) atoms. The second-order valence-corrected chi connectivity index (χ2v) is 5.23. The van der Waals surface area contributed by atoms with Gasteiger partial charge in [-0.25, -0.2) is 0 Å². The van der Waals surface area contributed by atoms with Crippen LogP contribution in [0.4, 0.5) is 11.4 Å². The highest BCUT2D eigenvalue weighted by Crippen LogP contribution is 2.32. The Morgan fingerprint density at radius 1 is 0.750 bits per heavy atom. The summed E-state index contributed by atoms with van der Waals surface area (Å²) in [5.74, 6) is 0. The number of nitrogens with one attached hydrogen (secondary N) is 2. The van der Waals surface area contributed by atoms with Gasteiger partial charge in [-0.2, -0.15) is 0 Å². The number of hydrogen-bond acceptors (Lipinski definition) is 2. The lowest BCUT2D eigenvalue weighted by atomic mass is 10.00. The first kappa shape index (κ1) is 11.4. The predicted octanol–water partition coefficient (Wildman–Crippen LogP) is 4.42. The number of para-hydroxylation sites is 2. The van der Waals surface area contributed by atoms with Crippen LogP contribution in [0.1, 0.15) is 11.6 Å². The van der Waals surface area contributed by atoms with Crippen LogP contribution in [0.15, 0.2) is 66.7 Å². The van der Waals surface area contributed by atoms with Crippen LogP contribution in [0, 0.1) is 0 Å². The molecule has 0 fully saturated rings. The van der Waals surface area contributed by atoms with Gasteiger partial charge in [0.2, 0.25) is 0 Å². The zero-order valence-corrected chi connectivity index (χ0v) is 11.1. The van der Waals surface area contributed by atoms with Crippen molar-refractivity contribution in [3.63, 3.8) is 0 Å². The van der Waals surface area contributed by atoms with Gasteiger partial charge >= 0.3 is 0 Å². The molecule has 1 aliphatic rings. The summed E-state index contributed by atoms with van der Waals surface area (Å²) in [7, 11) is 0. The number of fused-ring (bicyclic) bond motifs is 2. The maximum atomic E-state index is 3.62. The summed E-state index contributed by atoms with van der Waals surface area (Å²) < 4.78 is 0. The Kier molecular flexibility index (Phi) is 2.59. The van der Waals surface area contributed by atoms with Gasteiger partial charge in [0.1, 0.15) is 0 Å². The maximum absolute atomic E-state index is 3.62. The Morgan fingerprint density at radius 2 is 1.50 bits per heavy atom. The van der Waals surface area contributed by atoms with Crippen molar-refractivity contribution < 1.29 is 0 Å². The molecule has 0 saturated heterocycles. The lowest BCUT2D eigenvalue weighted by molar-refractivity contribution is 0.805. The van der Waals surface area contributed by atoms with Crippen LogP contribution >= 0.6 is 0 Å². The molecule has 0 saturated carbocycles. The van der Waals surface area contributed by atoms with E-state index >= 15 is 0 Å². The second kappa shape index (κ2) is 4.57. The molecule has 1 atom stereocenters. The van der Waals surface area contributed by atoms with E-state index in [1.54, 1.807) is 0 Å². The number of rotatable bonds is 1. The average molecular weight is 260 g/mol. The minimum atomic E-state index is 0.314. The molecule has 2 N–H and O–H groups in total. The van der Waals surface area contributed by atoms with Crippen molar-refractivity contribution >= 4 is 22.1 Å². The van der Waals surface area contributed by atoms with Gasteiger partial charge in [0.05, 0.1) is 17.4 Å². The lowest BCUT2D eigenvalue weighted by Crippen LogP contribution is -2.25. The molecule has 0 amide bonds. The van der Waals surface area contributed by atoms with E-state index in [1.165, 1.54) is 27.7 Å². The largest absolute Gasteiger partial charge is 0.381 e. The fraction of sp³-hybridized carbons (Fsp3) is 0.111. The highest BCUT2D eigenvalue weighted by molar-refractivity contribution is 5.83. The summed E-state index contributed by atoms with van der Waals surface area (Å²) in [4.78, 5) is 0. The van der Waals surface area contributed by atoms with E-state index in [0.29, 0.717) is 6.04 Å². The van der Waals surface area contributed by atoms with Crippen LogP contribution in [-0.4, -0.2) is 6.54 Å². The molecule has 3 aromatic rings. The van der Waals surface area contributed by atoms with E-state index in [0.717, 1.165) is 6.54 Å². The first-order chi connectivity index (χ1) is 9.90. The fourth-order valence-corrected chi connectivity index (χ4v) is 2.84. The molecule has 0 radical (unpaired) electrons. The summed E-state index contributed by atoms with van der Waals surface area (Å²) in [5.41, 5.74) is 3.69. The maximum Gasteiger partial charge on any atom is 0.0687 e. The monoisotopic (exact) mass is 260 g/mol. The van der Waals surface area contributed by atoms with Crippen molar-refractivity contribution in [1.29, 1.82) is 0 Å². The smallest absolute Gasteiger partial charge is 0.0687 e. The standard InChI is InChI=1S/C18H16N2/c1-2-6-14-11-15(10-9-13(14)5-1)18-12-19-16-7-3-4-8-17(16)20-18/h1-11,18-20H,12H2/t18-/m1/s1. The molecule has 0 aliphatic carbocycles. The summed E-state index contributed by atoms with van der Waals surface area (Å²) >= 11 is 0. The lowest BCUT2D eigenvalue weighted by Gasteiger charge is -2.28. The molecule has 0 spiro atoms. The Balaban J connectivity index is 1.70. The minimum Gasteiger partial charge on any atom is -0.381 e. The molecule has 1 heterocycles. The summed E-state index contributed by atoms with van der Waals surface area (Å²) in [5, 5.41) is 9.70. The SMILES string of the molecule is c1ccc2c(c1)NC[C@H](c1ccc3ccccc3c1)N2. The summed E-state index contributed by atoms with van der Waals surface area (Å²) in [6.45, 7) is 0.912. The van der Waals surface area contributed by atoms with Gasteiger partial charge in [-0.3, -0.25) is 0 Å². The third kappa shape index (κ3) is 1.90. The van der Waals surface area contributed by atoms with Gasteiger partial charge < -0.3 is 10.6 Å². The first-order valence-electron chi connectivity index (χ1n) is 6.98. The van der Waals surface area contributed by atoms with E-state index in [1.807, 2.05) is 0 Å². The topological polar surface area (TPSA) is 24.1 Å². The molecule has 4 rings (SSSR count). The molecular formula is C18H16N2. The highest BCUT2D eigenvalue weighted by atomic mass is 15.1. The van der Waals surface area contributed by atoms with Crippen molar-refractivity contribution in [3.8, 4) is 0 Å². The average Bonchev–Trinajstić information content (AvgIpc) is 2.54. The molecule has 0 aromatic heterocycles. The highest BCUT2D eigenvalue weighted by Gasteiger charge is 2.18. The number of anilines is 2. The van der Waals surface area contributed by atoms with E-state index in [2.05, 4.69) is 77.4 Å². The van der Waals surface area contributed by atoms with Crippen LogP contribution in [0.3, 0.4) is 0 Å². The second-order valence-electron chi connectivity index (χ2n) is 5.23. The predicted molar refractivity (Wildman–Crippen MR) is 85.2 cm³/mol. The van der Waals surface area contributed by atoms with Crippen LogP contribution in [0.2, 0.25) is 0 Å². The van der Waals surface area contributed by atoms with Gasteiger partial charge in [0.15, 0.2) is 0 Å². The van der Waals surface area contributed by atoms with E-state index in [4.69, 9.17) is 0 Å². The van der Waals surface area contributed by atoms with Gasteiger partial charge in [0, 0.05) is 6.54 Å². The van der Waals surface area contributed by atoms with E-state index in [-0.39, 0.29) is 0 Å². The molecular weight excluding hydrogens is 244 g/mol. The zero-order valence-electron chi connectivity index (χ0n) is 11.1. The van der Waals surface area contributed by atoms with E-state index in [9.17, 15) is 0 Å². The Morgan fingerprint density at radius 3 is 2.40 bits per heavy atom. The number of benzene rings is 3. The Labute approximate surface area is 118 Å². The van der Waals surface area contributed by atoms with Crippen LogP contribution < -0.4 is 10.6 Å².